The quantitative estimate of drug-likeness (QED) is 0.513. The van der Waals surface area contributed by atoms with E-state index in [1.165, 1.54) is 11.9 Å². The van der Waals surface area contributed by atoms with Crippen LogP contribution in [0, 0.1) is 20.2 Å². The number of carbonyl (C=O) groups is 1. The molecular formula is C17H17N3O7. The number of amides is 1. The first kappa shape index (κ1) is 19.6. The fourth-order valence-corrected chi connectivity index (χ4v) is 2.22. The summed E-state index contributed by atoms with van der Waals surface area (Å²) in [5, 5.41) is 21.8. The third-order valence-electron chi connectivity index (χ3n) is 3.67. The van der Waals surface area contributed by atoms with E-state index in [1.807, 2.05) is 0 Å². The number of methoxy groups -OCH3 is 1. The minimum absolute atomic E-state index is 0.136. The van der Waals surface area contributed by atoms with Gasteiger partial charge in [0.25, 0.3) is 17.3 Å². The van der Waals surface area contributed by atoms with Gasteiger partial charge >= 0.3 is 0 Å². The van der Waals surface area contributed by atoms with Crippen LogP contribution in [0.5, 0.6) is 11.5 Å². The van der Waals surface area contributed by atoms with Gasteiger partial charge in [-0.05, 0) is 24.3 Å². The lowest BCUT2D eigenvalue weighted by Crippen LogP contribution is -2.31. The molecule has 0 saturated carbocycles. The van der Waals surface area contributed by atoms with Crippen molar-refractivity contribution in [1.82, 2.24) is 4.90 Å². The Morgan fingerprint density at radius 3 is 2.00 bits per heavy atom. The maximum Gasteiger partial charge on any atom is 0.277 e. The lowest BCUT2D eigenvalue weighted by molar-refractivity contribution is -0.394. The van der Waals surface area contributed by atoms with E-state index in [4.69, 9.17) is 9.47 Å². The summed E-state index contributed by atoms with van der Waals surface area (Å²) in [6.45, 7) is 0.354. The molecule has 0 heterocycles. The predicted molar refractivity (Wildman–Crippen MR) is 95.2 cm³/mol. The molecule has 2 aromatic rings. The number of hydrogen-bond acceptors (Lipinski definition) is 7. The number of rotatable bonds is 8. The van der Waals surface area contributed by atoms with Crippen LogP contribution in [-0.4, -0.2) is 48.0 Å². The van der Waals surface area contributed by atoms with E-state index < -0.39 is 27.1 Å². The molecule has 142 valence electrons. The Morgan fingerprint density at radius 2 is 1.52 bits per heavy atom. The smallest absolute Gasteiger partial charge is 0.277 e. The first-order valence-electron chi connectivity index (χ1n) is 7.78. The average molecular weight is 375 g/mol. The van der Waals surface area contributed by atoms with Gasteiger partial charge in [0.2, 0.25) is 0 Å². The highest BCUT2D eigenvalue weighted by molar-refractivity contribution is 5.95. The van der Waals surface area contributed by atoms with Crippen LogP contribution < -0.4 is 9.47 Å². The molecule has 0 unspecified atom stereocenters. The Bertz CT molecular complexity index is 820. The number of non-ortho nitro benzene ring substituents is 2. The summed E-state index contributed by atoms with van der Waals surface area (Å²) in [6, 6.07) is 9.71. The first-order valence-corrected chi connectivity index (χ1v) is 7.78. The topological polar surface area (TPSA) is 125 Å². The maximum atomic E-state index is 12.4. The van der Waals surface area contributed by atoms with E-state index in [0.717, 1.165) is 18.2 Å². The van der Waals surface area contributed by atoms with Crippen LogP contribution in [0.4, 0.5) is 11.4 Å². The van der Waals surface area contributed by atoms with Crippen LogP contribution in [0.2, 0.25) is 0 Å². The first-order chi connectivity index (χ1) is 12.8. The van der Waals surface area contributed by atoms with Crippen molar-refractivity contribution >= 4 is 17.3 Å². The molecule has 0 aromatic heterocycles. The van der Waals surface area contributed by atoms with Gasteiger partial charge < -0.3 is 14.4 Å². The molecule has 0 bridgehead atoms. The van der Waals surface area contributed by atoms with E-state index in [-0.39, 0.29) is 18.7 Å². The molecule has 0 atom stereocenters. The van der Waals surface area contributed by atoms with Crippen LogP contribution in [-0.2, 0) is 0 Å². The van der Waals surface area contributed by atoms with Gasteiger partial charge in [-0.2, -0.15) is 0 Å². The summed E-state index contributed by atoms with van der Waals surface area (Å²) in [5.41, 5.74) is -1.17. The summed E-state index contributed by atoms with van der Waals surface area (Å²) < 4.78 is 10.6. The molecule has 0 fully saturated rings. The summed E-state index contributed by atoms with van der Waals surface area (Å²) in [5.74, 6) is 0.685. The van der Waals surface area contributed by atoms with Gasteiger partial charge in [0.05, 0.1) is 35.1 Å². The molecule has 2 aromatic carbocycles. The lowest BCUT2D eigenvalue weighted by atomic mass is 10.1. The van der Waals surface area contributed by atoms with Crippen molar-refractivity contribution in [2.75, 3.05) is 27.3 Å². The van der Waals surface area contributed by atoms with Gasteiger partial charge in [0.1, 0.15) is 18.1 Å². The Morgan fingerprint density at radius 1 is 1.00 bits per heavy atom. The van der Waals surface area contributed by atoms with E-state index >= 15 is 0 Å². The molecule has 10 nitrogen and oxygen atoms in total. The fourth-order valence-electron chi connectivity index (χ4n) is 2.22. The van der Waals surface area contributed by atoms with Gasteiger partial charge in [-0.1, -0.05) is 0 Å². The largest absolute Gasteiger partial charge is 0.497 e. The predicted octanol–water partition coefficient (Wildman–Crippen LogP) is 2.66. The van der Waals surface area contributed by atoms with Crippen LogP contribution in [0.3, 0.4) is 0 Å². The molecular weight excluding hydrogens is 358 g/mol. The lowest BCUT2D eigenvalue weighted by Gasteiger charge is -2.17. The number of benzene rings is 2. The third-order valence-corrected chi connectivity index (χ3v) is 3.67. The van der Waals surface area contributed by atoms with E-state index in [0.29, 0.717) is 11.5 Å². The highest BCUT2D eigenvalue weighted by Gasteiger charge is 2.21. The average Bonchev–Trinajstić information content (AvgIpc) is 2.67. The number of hydrogen-bond donors (Lipinski definition) is 0. The molecule has 0 aliphatic carbocycles. The van der Waals surface area contributed by atoms with Gasteiger partial charge in [0, 0.05) is 19.2 Å². The van der Waals surface area contributed by atoms with E-state index in [1.54, 1.807) is 31.4 Å². The summed E-state index contributed by atoms with van der Waals surface area (Å²) >= 11 is 0. The second-order valence-electron chi connectivity index (χ2n) is 5.50. The summed E-state index contributed by atoms with van der Waals surface area (Å²) in [6.07, 6.45) is 0. The highest BCUT2D eigenvalue weighted by atomic mass is 16.6. The van der Waals surface area contributed by atoms with Crippen LogP contribution >= 0.6 is 0 Å². The second kappa shape index (κ2) is 8.61. The minimum Gasteiger partial charge on any atom is -0.497 e. The number of carbonyl (C=O) groups excluding carboxylic acids is 1. The number of ether oxygens (including phenoxy) is 2. The number of nitro benzene ring substituents is 2. The van der Waals surface area contributed by atoms with Gasteiger partial charge in [-0.3, -0.25) is 25.0 Å². The molecule has 0 spiro atoms. The van der Waals surface area contributed by atoms with Crippen molar-refractivity contribution in [3.8, 4) is 11.5 Å². The molecule has 10 heteroatoms. The fraction of sp³-hybridized carbons (Fsp3) is 0.235. The molecule has 27 heavy (non-hydrogen) atoms. The SMILES string of the molecule is COc1ccc(OCCN(C)C(=O)c2cc([N+](=O)[O-])cc([N+](=O)[O-])c2)cc1. The standard InChI is InChI=1S/C17H17N3O7/c1-18(7-8-27-16-5-3-15(26-2)4-6-16)17(21)12-9-13(19(22)23)11-14(10-12)20(24)25/h3-6,9-11H,7-8H2,1-2H3. The van der Waals surface area contributed by atoms with Gasteiger partial charge in [0.15, 0.2) is 0 Å². The zero-order valence-corrected chi connectivity index (χ0v) is 14.7. The monoisotopic (exact) mass is 375 g/mol. The van der Waals surface area contributed by atoms with Crippen molar-refractivity contribution in [1.29, 1.82) is 0 Å². The molecule has 0 aliphatic rings. The number of likely N-dealkylation sites (N-methyl/N-ethyl adjacent to an activating group) is 1. The second-order valence-corrected chi connectivity index (χ2v) is 5.50. The maximum absolute atomic E-state index is 12.4. The Kier molecular flexibility index (Phi) is 6.26. The van der Waals surface area contributed by atoms with Crippen LogP contribution in [0.25, 0.3) is 0 Å². The Balaban J connectivity index is 2.03. The Hall–Kier alpha value is -3.69. The van der Waals surface area contributed by atoms with E-state index in [2.05, 4.69) is 0 Å². The van der Waals surface area contributed by atoms with Crippen molar-refractivity contribution in [3.05, 3.63) is 68.3 Å². The zero-order valence-electron chi connectivity index (χ0n) is 14.7. The Labute approximate surface area is 154 Å². The highest BCUT2D eigenvalue weighted by Crippen LogP contribution is 2.23. The zero-order chi connectivity index (χ0) is 20.0. The number of nitrogens with zero attached hydrogens (tertiary/aromatic N) is 3. The molecule has 1 amide bonds. The van der Waals surface area contributed by atoms with E-state index in [9.17, 15) is 25.0 Å². The van der Waals surface area contributed by atoms with Crippen LogP contribution in [0.15, 0.2) is 42.5 Å². The summed E-state index contributed by atoms with van der Waals surface area (Å²) in [7, 11) is 3.03. The van der Waals surface area contributed by atoms with Crippen LogP contribution in [0.1, 0.15) is 10.4 Å². The summed E-state index contributed by atoms with van der Waals surface area (Å²) in [4.78, 5) is 34.0. The van der Waals surface area contributed by atoms with Crippen molar-refractivity contribution in [3.63, 3.8) is 0 Å². The number of nitro groups is 2. The minimum atomic E-state index is -0.781. The molecule has 0 radical (unpaired) electrons. The molecule has 2 rings (SSSR count). The van der Waals surface area contributed by atoms with Crippen molar-refractivity contribution in [2.24, 2.45) is 0 Å². The van der Waals surface area contributed by atoms with Crippen molar-refractivity contribution in [2.45, 2.75) is 0 Å². The molecule has 0 aliphatic heterocycles. The molecule has 0 N–H and O–H groups in total. The third kappa shape index (κ3) is 5.14. The van der Waals surface area contributed by atoms with Crippen molar-refractivity contribution < 1.29 is 24.1 Å². The normalized spacial score (nSPS) is 10.1. The van der Waals surface area contributed by atoms with Gasteiger partial charge in [-0.25, -0.2) is 0 Å². The molecule has 0 saturated heterocycles. The van der Waals surface area contributed by atoms with Gasteiger partial charge in [-0.15, -0.1) is 0 Å².